The second-order valence-corrected chi connectivity index (χ2v) is 5.32. The Morgan fingerprint density at radius 1 is 1.21 bits per heavy atom. The van der Waals surface area contributed by atoms with Gasteiger partial charge in [0.2, 0.25) is 0 Å². The molecule has 3 aromatic rings. The molecule has 0 bridgehead atoms. The van der Waals surface area contributed by atoms with Crippen molar-refractivity contribution in [1.82, 2.24) is 4.98 Å². The molecular formula is C15H14N2OS. The van der Waals surface area contributed by atoms with Gasteiger partial charge in [0.05, 0.1) is 23.5 Å². The van der Waals surface area contributed by atoms with Crippen molar-refractivity contribution in [2.45, 2.75) is 13.5 Å². The fourth-order valence-corrected chi connectivity index (χ4v) is 2.48. The van der Waals surface area contributed by atoms with Crippen LogP contribution in [0.5, 0.6) is 0 Å². The summed E-state index contributed by atoms with van der Waals surface area (Å²) in [5.41, 5.74) is 3.26. The third-order valence-electron chi connectivity index (χ3n) is 2.85. The summed E-state index contributed by atoms with van der Waals surface area (Å²) in [6, 6.07) is 12.1. The Morgan fingerprint density at radius 2 is 2.05 bits per heavy atom. The van der Waals surface area contributed by atoms with Gasteiger partial charge < -0.3 is 9.73 Å². The molecule has 0 aliphatic carbocycles. The highest BCUT2D eigenvalue weighted by Gasteiger charge is 2.02. The molecule has 1 N–H and O–H groups in total. The molecule has 3 rings (SSSR count). The highest BCUT2D eigenvalue weighted by Crippen LogP contribution is 2.23. The number of aryl methyl sites for hydroxylation is 1. The van der Waals surface area contributed by atoms with Crippen molar-refractivity contribution in [3.63, 3.8) is 0 Å². The second-order valence-electron chi connectivity index (χ2n) is 4.26. The topological polar surface area (TPSA) is 38.1 Å². The van der Waals surface area contributed by atoms with Gasteiger partial charge in [-0.1, -0.05) is 12.1 Å². The number of thiazole rings is 1. The minimum absolute atomic E-state index is 0.697. The fraction of sp³-hybridized carbons (Fsp3) is 0.133. The third kappa shape index (κ3) is 2.85. The zero-order valence-corrected chi connectivity index (χ0v) is 11.4. The summed E-state index contributed by atoms with van der Waals surface area (Å²) >= 11 is 1.67. The standard InChI is InChI=1S/C15H14N2OS/c1-11-17-15(10-19-11)12-4-6-13(7-5-12)16-9-14-3-2-8-18-14/h2-8,10,16H,9H2,1H3. The van der Waals surface area contributed by atoms with E-state index < -0.39 is 0 Å². The quantitative estimate of drug-likeness (QED) is 0.767. The van der Waals surface area contributed by atoms with Crippen LogP contribution in [-0.4, -0.2) is 4.98 Å². The molecule has 0 radical (unpaired) electrons. The summed E-state index contributed by atoms with van der Waals surface area (Å²) in [5, 5.41) is 6.50. The van der Waals surface area contributed by atoms with Crippen LogP contribution in [-0.2, 0) is 6.54 Å². The summed E-state index contributed by atoms with van der Waals surface area (Å²) in [4.78, 5) is 4.48. The lowest BCUT2D eigenvalue weighted by Crippen LogP contribution is -1.97. The lowest BCUT2D eigenvalue weighted by atomic mass is 10.1. The van der Waals surface area contributed by atoms with Crippen molar-refractivity contribution < 1.29 is 4.42 Å². The van der Waals surface area contributed by atoms with E-state index in [9.17, 15) is 0 Å². The van der Waals surface area contributed by atoms with Gasteiger partial charge >= 0.3 is 0 Å². The monoisotopic (exact) mass is 270 g/mol. The molecule has 96 valence electrons. The molecule has 0 spiro atoms. The van der Waals surface area contributed by atoms with Crippen molar-refractivity contribution >= 4 is 17.0 Å². The molecule has 0 saturated carbocycles. The maximum absolute atomic E-state index is 5.28. The first-order chi connectivity index (χ1) is 9.31. The number of aromatic nitrogens is 1. The number of furan rings is 1. The molecule has 0 fully saturated rings. The Balaban J connectivity index is 1.69. The van der Waals surface area contributed by atoms with Crippen molar-refractivity contribution in [3.05, 3.63) is 58.8 Å². The number of benzene rings is 1. The van der Waals surface area contributed by atoms with Gasteiger partial charge in [-0.25, -0.2) is 4.98 Å². The van der Waals surface area contributed by atoms with Gasteiger partial charge in [0, 0.05) is 16.6 Å². The van der Waals surface area contributed by atoms with Crippen LogP contribution in [0.15, 0.2) is 52.5 Å². The minimum Gasteiger partial charge on any atom is -0.467 e. The summed E-state index contributed by atoms with van der Waals surface area (Å²) < 4.78 is 5.28. The highest BCUT2D eigenvalue weighted by molar-refractivity contribution is 7.09. The lowest BCUT2D eigenvalue weighted by Gasteiger charge is -2.05. The van der Waals surface area contributed by atoms with Crippen LogP contribution in [0, 0.1) is 6.92 Å². The highest BCUT2D eigenvalue weighted by atomic mass is 32.1. The summed E-state index contributed by atoms with van der Waals surface area (Å²) in [7, 11) is 0. The Hall–Kier alpha value is -2.07. The molecule has 0 atom stereocenters. The lowest BCUT2D eigenvalue weighted by molar-refractivity contribution is 0.518. The van der Waals surface area contributed by atoms with E-state index in [1.807, 2.05) is 19.1 Å². The van der Waals surface area contributed by atoms with Gasteiger partial charge in [0.25, 0.3) is 0 Å². The first-order valence-electron chi connectivity index (χ1n) is 6.10. The molecule has 19 heavy (non-hydrogen) atoms. The van der Waals surface area contributed by atoms with E-state index in [0.717, 1.165) is 27.7 Å². The Bertz CT molecular complexity index is 641. The molecule has 0 saturated heterocycles. The molecule has 0 aliphatic rings. The normalized spacial score (nSPS) is 10.6. The molecule has 3 nitrogen and oxygen atoms in total. The molecule has 0 unspecified atom stereocenters. The van der Waals surface area contributed by atoms with Gasteiger partial charge in [-0.15, -0.1) is 11.3 Å². The summed E-state index contributed by atoms with van der Waals surface area (Å²) in [6.07, 6.45) is 1.69. The Kier molecular flexibility index (Phi) is 3.33. The average molecular weight is 270 g/mol. The molecule has 4 heteroatoms. The van der Waals surface area contributed by atoms with E-state index in [4.69, 9.17) is 4.42 Å². The first-order valence-corrected chi connectivity index (χ1v) is 6.98. The van der Waals surface area contributed by atoms with E-state index in [-0.39, 0.29) is 0 Å². The Morgan fingerprint density at radius 3 is 2.68 bits per heavy atom. The van der Waals surface area contributed by atoms with Crippen LogP contribution >= 0.6 is 11.3 Å². The van der Waals surface area contributed by atoms with E-state index in [1.54, 1.807) is 17.6 Å². The zero-order chi connectivity index (χ0) is 13.1. The van der Waals surface area contributed by atoms with Crippen LogP contribution in [0.3, 0.4) is 0 Å². The van der Waals surface area contributed by atoms with Gasteiger partial charge in [-0.05, 0) is 31.2 Å². The van der Waals surface area contributed by atoms with Crippen molar-refractivity contribution in [1.29, 1.82) is 0 Å². The smallest absolute Gasteiger partial charge is 0.122 e. The van der Waals surface area contributed by atoms with Gasteiger partial charge in [-0.2, -0.15) is 0 Å². The molecule has 1 aromatic carbocycles. The third-order valence-corrected chi connectivity index (χ3v) is 3.62. The Labute approximate surface area is 115 Å². The van der Waals surface area contributed by atoms with Crippen molar-refractivity contribution in [2.24, 2.45) is 0 Å². The van der Waals surface area contributed by atoms with Gasteiger partial charge in [-0.3, -0.25) is 0 Å². The SMILES string of the molecule is Cc1nc(-c2ccc(NCc3ccco3)cc2)cs1. The number of rotatable bonds is 4. The molecular weight excluding hydrogens is 256 g/mol. The average Bonchev–Trinajstić information content (AvgIpc) is 3.08. The maximum atomic E-state index is 5.28. The van der Waals surface area contributed by atoms with Crippen LogP contribution in [0.4, 0.5) is 5.69 Å². The van der Waals surface area contributed by atoms with Crippen LogP contribution < -0.4 is 5.32 Å². The number of nitrogens with zero attached hydrogens (tertiary/aromatic N) is 1. The molecule has 0 aliphatic heterocycles. The number of anilines is 1. The predicted octanol–water partition coefficient (Wildman–Crippen LogP) is 4.32. The van der Waals surface area contributed by atoms with Crippen LogP contribution in [0.1, 0.15) is 10.8 Å². The van der Waals surface area contributed by atoms with E-state index in [0.29, 0.717) is 6.54 Å². The number of nitrogens with one attached hydrogen (secondary N) is 1. The molecule has 2 heterocycles. The second kappa shape index (κ2) is 5.28. The van der Waals surface area contributed by atoms with Crippen LogP contribution in [0.2, 0.25) is 0 Å². The van der Waals surface area contributed by atoms with E-state index in [2.05, 4.69) is 39.9 Å². The van der Waals surface area contributed by atoms with Gasteiger partial charge in [0.15, 0.2) is 0 Å². The molecule has 0 amide bonds. The zero-order valence-electron chi connectivity index (χ0n) is 10.6. The number of hydrogen-bond donors (Lipinski definition) is 1. The number of hydrogen-bond acceptors (Lipinski definition) is 4. The van der Waals surface area contributed by atoms with Crippen LogP contribution in [0.25, 0.3) is 11.3 Å². The largest absolute Gasteiger partial charge is 0.467 e. The first kappa shape index (κ1) is 12.0. The summed E-state index contributed by atoms with van der Waals surface area (Å²) in [6.45, 7) is 2.72. The maximum Gasteiger partial charge on any atom is 0.122 e. The fourth-order valence-electron chi connectivity index (χ4n) is 1.86. The van der Waals surface area contributed by atoms with E-state index >= 15 is 0 Å². The molecule has 2 aromatic heterocycles. The van der Waals surface area contributed by atoms with Crippen molar-refractivity contribution in [2.75, 3.05) is 5.32 Å². The van der Waals surface area contributed by atoms with Gasteiger partial charge in [0.1, 0.15) is 5.76 Å². The van der Waals surface area contributed by atoms with Crippen molar-refractivity contribution in [3.8, 4) is 11.3 Å². The van der Waals surface area contributed by atoms with E-state index in [1.165, 1.54) is 0 Å². The minimum atomic E-state index is 0.697. The summed E-state index contributed by atoms with van der Waals surface area (Å²) in [5.74, 6) is 0.930. The predicted molar refractivity (Wildman–Crippen MR) is 78.3 cm³/mol.